The minimum absolute atomic E-state index is 0.0431. The van der Waals surface area contributed by atoms with Crippen LogP contribution < -0.4 is 5.43 Å². The Kier molecular flexibility index (Phi) is 3.63. The summed E-state index contributed by atoms with van der Waals surface area (Å²) in [6.07, 6.45) is 0.687. The van der Waals surface area contributed by atoms with Gasteiger partial charge < -0.3 is 4.57 Å². The number of carbonyl (C=O) groups excluding carboxylic acids is 1. The number of ketones is 1. The molecule has 0 spiro atoms. The summed E-state index contributed by atoms with van der Waals surface area (Å²) in [6.45, 7) is 8.13. The molecule has 0 unspecified atom stereocenters. The highest BCUT2D eigenvalue weighted by molar-refractivity contribution is 6.14. The van der Waals surface area contributed by atoms with Crippen molar-refractivity contribution in [2.45, 2.75) is 34.1 Å². The third-order valence-electron chi connectivity index (χ3n) is 6.33. The van der Waals surface area contributed by atoms with E-state index in [0.717, 1.165) is 55.4 Å². The van der Waals surface area contributed by atoms with Crippen LogP contribution in [0.2, 0.25) is 0 Å². The van der Waals surface area contributed by atoms with Crippen LogP contribution in [0, 0.1) is 27.7 Å². The van der Waals surface area contributed by atoms with Crippen LogP contribution in [-0.4, -0.2) is 10.4 Å². The highest BCUT2D eigenvalue weighted by Crippen LogP contribution is 2.33. The third kappa shape index (κ3) is 2.43. The van der Waals surface area contributed by atoms with E-state index >= 15 is 0 Å². The van der Waals surface area contributed by atoms with Crippen LogP contribution in [-0.2, 0) is 13.5 Å². The van der Waals surface area contributed by atoms with Crippen molar-refractivity contribution in [3.05, 3.63) is 91.1 Å². The van der Waals surface area contributed by atoms with E-state index < -0.39 is 0 Å². The van der Waals surface area contributed by atoms with Gasteiger partial charge in [-0.25, -0.2) is 0 Å². The fourth-order valence-electron chi connectivity index (χ4n) is 5.06. The summed E-state index contributed by atoms with van der Waals surface area (Å²) in [5.74, 6) is 0.0584. The predicted octanol–water partition coefficient (Wildman–Crippen LogP) is 5.06. The predicted molar refractivity (Wildman–Crippen MR) is 118 cm³/mol. The largest absolute Gasteiger partial charge is 0.343 e. The molecule has 0 atom stereocenters. The van der Waals surface area contributed by atoms with Gasteiger partial charge in [0.1, 0.15) is 0 Å². The van der Waals surface area contributed by atoms with Gasteiger partial charge in [0, 0.05) is 28.9 Å². The van der Waals surface area contributed by atoms with E-state index in [1.807, 2.05) is 52.1 Å². The number of pyridine rings is 1. The molecular weight excluding hydrogens is 358 g/mol. The molecule has 3 nitrogen and oxygen atoms in total. The summed E-state index contributed by atoms with van der Waals surface area (Å²) in [7, 11) is 1.98. The first-order valence-electron chi connectivity index (χ1n) is 9.97. The van der Waals surface area contributed by atoms with Crippen LogP contribution in [0.25, 0.3) is 21.8 Å². The molecule has 0 saturated carbocycles. The summed E-state index contributed by atoms with van der Waals surface area (Å²) in [6, 6.07) is 12.0. The molecule has 29 heavy (non-hydrogen) atoms. The molecule has 1 aliphatic carbocycles. The number of benzene rings is 3. The van der Waals surface area contributed by atoms with Crippen molar-refractivity contribution in [1.82, 2.24) is 4.57 Å². The Morgan fingerprint density at radius 1 is 0.759 bits per heavy atom. The molecule has 1 aromatic heterocycles. The molecule has 0 N–H and O–H groups in total. The topological polar surface area (TPSA) is 39.1 Å². The summed E-state index contributed by atoms with van der Waals surface area (Å²) in [5, 5.41) is 1.43. The average molecular weight is 381 g/mol. The lowest BCUT2D eigenvalue weighted by atomic mass is 9.81. The number of carbonyl (C=O) groups is 1. The second kappa shape index (κ2) is 5.90. The fourth-order valence-corrected chi connectivity index (χ4v) is 5.06. The molecule has 0 saturated heterocycles. The molecule has 0 fully saturated rings. The van der Waals surface area contributed by atoms with E-state index in [-0.39, 0.29) is 11.2 Å². The fraction of sp³-hybridized carbons (Fsp3) is 0.231. The molecule has 4 aromatic rings. The van der Waals surface area contributed by atoms with Crippen molar-refractivity contribution >= 4 is 27.6 Å². The van der Waals surface area contributed by atoms with Gasteiger partial charge in [-0.05, 0) is 86.2 Å². The van der Waals surface area contributed by atoms with Gasteiger partial charge in [-0.1, -0.05) is 17.7 Å². The molecule has 0 bridgehead atoms. The summed E-state index contributed by atoms with van der Waals surface area (Å²) < 4.78 is 2.06. The molecule has 1 aliphatic rings. The van der Waals surface area contributed by atoms with Crippen LogP contribution in [0.5, 0.6) is 0 Å². The highest BCUT2D eigenvalue weighted by Gasteiger charge is 2.26. The van der Waals surface area contributed by atoms with Crippen molar-refractivity contribution in [3.8, 4) is 0 Å². The Morgan fingerprint density at radius 2 is 1.45 bits per heavy atom. The second-order valence-electron chi connectivity index (χ2n) is 8.51. The first-order valence-corrected chi connectivity index (χ1v) is 9.97. The van der Waals surface area contributed by atoms with Crippen LogP contribution >= 0.6 is 0 Å². The van der Waals surface area contributed by atoms with E-state index in [9.17, 15) is 9.59 Å². The normalized spacial score (nSPS) is 13.1. The quantitative estimate of drug-likeness (QED) is 0.352. The smallest absolute Gasteiger partial charge is 0.197 e. The zero-order chi connectivity index (χ0) is 20.6. The Hall–Kier alpha value is -3.20. The zero-order valence-corrected chi connectivity index (χ0v) is 17.4. The average Bonchev–Trinajstić information content (AvgIpc) is 2.66. The maximum Gasteiger partial charge on any atom is 0.197 e. The van der Waals surface area contributed by atoms with Gasteiger partial charge in [-0.3, -0.25) is 9.59 Å². The molecule has 144 valence electrons. The maximum absolute atomic E-state index is 13.4. The van der Waals surface area contributed by atoms with E-state index in [0.29, 0.717) is 17.4 Å². The lowest BCUT2D eigenvalue weighted by molar-refractivity contribution is 0.103. The summed E-state index contributed by atoms with van der Waals surface area (Å²) in [5.41, 5.74) is 9.72. The van der Waals surface area contributed by atoms with E-state index in [4.69, 9.17) is 0 Å². The number of rotatable bonds is 0. The lowest BCUT2D eigenvalue weighted by Crippen LogP contribution is -2.19. The Labute approximate surface area is 169 Å². The van der Waals surface area contributed by atoms with Crippen molar-refractivity contribution in [1.29, 1.82) is 0 Å². The summed E-state index contributed by atoms with van der Waals surface area (Å²) in [4.78, 5) is 26.7. The number of aryl methyl sites for hydroxylation is 5. The van der Waals surface area contributed by atoms with Crippen LogP contribution in [0.15, 0.2) is 41.2 Å². The monoisotopic (exact) mass is 381 g/mol. The molecular formula is C26H23NO2. The first kappa shape index (κ1) is 17.9. The molecule has 0 amide bonds. The maximum atomic E-state index is 13.4. The van der Waals surface area contributed by atoms with Crippen molar-refractivity contribution in [2.24, 2.45) is 7.05 Å². The zero-order valence-electron chi connectivity index (χ0n) is 17.4. The Bertz CT molecular complexity index is 1450. The molecule has 0 radical (unpaired) electrons. The Morgan fingerprint density at radius 3 is 2.21 bits per heavy atom. The highest BCUT2D eigenvalue weighted by atomic mass is 16.1. The molecule has 0 aliphatic heterocycles. The standard InChI is InChI=1S/C26H23NO2/c1-13-6-15(3)18-10-17-11-21-23(12-19(17)25(28)20(18)8-13)27(5)24-16(4)7-14(2)9-22(24)26(21)29/h6-9,11-12H,10H2,1-5H3. The number of hydrogen-bond donors (Lipinski definition) is 0. The number of hydrogen-bond acceptors (Lipinski definition) is 2. The molecule has 1 heterocycles. The minimum atomic E-state index is 0.0431. The van der Waals surface area contributed by atoms with Crippen molar-refractivity contribution < 1.29 is 4.79 Å². The van der Waals surface area contributed by atoms with E-state index in [1.165, 1.54) is 0 Å². The van der Waals surface area contributed by atoms with Gasteiger partial charge in [0.2, 0.25) is 0 Å². The van der Waals surface area contributed by atoms with Gasteiger partial charge in [-0.15, -0.1) is 0 Å². The van der Waals surface area contributed by atoms with Crippen molar-refractivity contribution in [2.75, 3.05) is 0 Å². The van der Waals surface area contributed by atoms with Gasteiger partial charge in [0.05, 0.1) is 11.0 Å². The minimum Gasteiger partial charge on any atom is -0.343 e. The van der Waals surface area contributed by atoms with Gasteiger partial charge in [0.15, 0.2) is 11.2 Å². The second-order valence-corrected chi connectivity index (χ2v) is 8.51. The molecule has 3 aromatic carbocycles. The van der Waals surface area contributed by atoms with Crippen LogP contribution in [0.1, 0.15) is 49.3 Å². The van der Waals surface area contributed by atoms with Crippen molar-refractivity contribution in [3.63, 3.8) is 0 Å². The van der Waals surface area contributed by atoms with Crippen LogP contribution in [0.4, 0.5) is 0 Å². The number of aromatic nitrogens is 1. The lowest BCUT2D eigenvalue weighted by Gasteiger charge is -2.23. The SMILES string of the molecule is Cc1cc(C)c2c(c1)C(=O)c1cc3c(cc1C2)c(=O)c1cc(C)cc(C)c1n3C. The summed E-state index contributed by atoms with van der Waals surface area (Å²) >= 11 is 0. The third-order valence-corrected chi connectivity index (χ3v) is 6.33. The molecule has 5 rings (SSSR count). The van der Waals surface area contributed by atoms with E-state index in [1.54, 1.807) is 0 Å². The first-order chi connectivity index (χ1) is 13.8. The molecule has 3 heteroatoms. The number of nitrogens with zero attached hydrogens (tertiary/aromatic N) is 1. The van der Waals surface area contributed by atoms with Gasteiger partial charge in [0.25, 0.3) is 0 Å². The Balaban J connectivity index is 1.88. The van der Waals surface area contributed by atoms with E-state index in [2.05, 4.69) is 23.6 Å². The van der Waals surface area contributed by atoms with Crippen LogP contribution in [0.3, 0.4) is 0 Å². The number of fused-ring (bicyclic) bond motifs is 4. The van der Waals surface area contributed by atoms with Gasteiger partial charge >= 0.3 is 0 Å². The van der Waals surface area contributed by atoms with Gasteiger partial charge in [-0.2, -0.15) is 0 Å².